The third-order valence-electron chi connectivity index (χ3n) is 5.66. The van der Waals surface area contributed by atoms with Crippen molar-refractivity contribution in [2.75, 3.05) is 26.2 Å². The van der Waals surface area contributed by atoms with Crippen molar-refractivity contribution in [3.05, 3.63) is 70.3 Å². The summed E-state index contributed by atoms with van der Waals surface area (Å²) < 4.78 is 15.0. The topological polar surface area (TPSA) is 70.8 Å². The molecule has 0 saturated carbocycles. The highest BCUT2D eigenvalue weighted by atomic mass is 32.1. The number of aromatic nitrogens is 4. The second-order valence-electron chi connectivity index (χ2n) is 7.89. The summed E-state index contributed by atoms with van der Waals surface area (Å²) in [5.41, 5.74) is 1.86. The number of piperazine rings is 1. The van der Waals surface area contributed by atoms with Crippen LogP contribution in [0.15, 0.2) is 69.5 Å². The van der Waals surface area contributed by atoms with E-state index in [1.165, 1.54) is 9.80 Å². The number of rotatable bonds is 6. The van der Waals surface area contributed by atoms with Crippen LogP contribution in [0.25, 0.3) is 22.9 Å². The smallest absolute Gasteiger partial charge is 0.292 e. The maximum Gasteiger partial charge on any atom is 0.292 e. The van der Waals surface area contributed by atoms with Crippen LogP contribution in [0.1, 0.15) is 0 Å². The fourth-order valence-electron chi connectivity index (χ4n) is 3.90. The van der Waals surface area contributed by atoms with Crippen molar-refractivity contribution < 1.29 is 18.6 Å². The van der Waals surface area contributed by atoms with Gasteiger partial charge in [0, 0.05) is 11.1 Å². The summed E-state index contributed by atoms with van der Waals surface area (Å²) in [6.07, 6.45) is 0. The van der Waals surface area contributed by atoms with Crippen LogP contribution in [0, 0.1) is 9.67 Å². The molecule has 2 aromatic heterocycles. The second-order valence-corrected chi connectivity index (χ2v) is 8.59. The Morgan fingerprint density at radius 2 is 1.03 bits per heavy atom. The van der Waals surface area contributed by atoms with E-state index in [0.29, 0.717) is 34.8 Å². The van der Waals surface area contributed by atoms with Gasteiger partial charge >= 0.3 is 0 Å². The lowest BCUT2D eigenvalue weighted by atomic mass is 10.2. The van der Waals surface area contributed by atoms with E-state index in [9.17, 15) is 0 Å². The van der Waals surface area contributed by atoms with E-state index >= 15 is 0 Å². The van der Waals surface area contributed by atoms with Gasteiger partial charge in [-0.2, -0.15) is 9.36 Å². The molecule has 0 unspecified atom stereocenters. The lowest BCUT2D eigenvalue weighted by Gasteiger charge is -2.28. The number of benzene rings is 2. The van der Waals surface area contributed by atoms with Crippen LogP contribution in [0.5, 0.6) is 0 Å². The van der Waals surface area contributed by atoms with Gasteiger partial charge in [0.1, 0.15) is 26.2 Å². The number of nitrogens with one attached hydrogen (secondary N) is 2. The minimum Gasteiger partial charge on any atom is -0.409 e. The lowest BCUT2D eigenvalue weighted by molar-refractivity contribution is -1.03. The predicted molar refractivity (Wildman–Crippen MR) is 123 cm³/mol. The first-order chi connectivity index (χ1) is 15.7. The average Bonchev–Trinajstić information content (AvgIpc) is 3.38. The van der Waals surface area contributed by atoms with Crippen LogP contribution >= 0.6 is 24.4 Å². The summed E-state index contributed by atoms with van der Waals surface area (Å²) in [4.78, 5) is 3.67. The van der Waals surface area contributed by atoms with Crippen LogP contribution in [-0.4, -0.2) is 45.7 Å². The number of nitrogens with zero attached hydrogens (tertiary/aromatic N) is 4. The van der Waals surface area contributed by atoms with Crippen LogP contribution in [0.3, 0.4) is 0 Å². The molecule has 8 nitrogen and oxygen atoms in total. The molecule has 0 bridgehead atoms. The molecular formula is C22H24N6O2S2+2. The van der Waals surface area contributed by atoms with Crippen LogP contribution in [0.2, 0.25) is 0 Å². The minimum atomic E-state index is 0.411. The molecule has 0 amide bonds. The van der Waals surface area contributed by atoms with E-state index in [1.807, 2.05) is 60.7 Å². The molecule has 1 saturated heterocycles. The number of hydrogen-bond acceptors (Lipinski definition) is 6. The monoisotopic (exact) mass is 468 g/mol. The zero-order valence-corrected chi connectivity index (χ0v) is 19.1. The molecule has 5 rings (SSSR count). The summed E-state index contributed by atoms with van der Waals surface area (Å²) in [7, 11) is 0. The van der Waals surface area contributed by atoms with E-state index < -0.39 is 0 Å². The Bertz CT molecular complexity index is 1190. The second kappa shape index (κ2) is 9.29. The van der Waals surface area contributed by atoms with E-state index in [-0.39, 0.29) is 0 Å². The lowest BCUT2D eigenvalue weighted by Crippen LogP contribution is -3.27. The molecule has 0 aliphatic carbocycles. The van der Waals surface area contributed by atoms with Crippen molar-refractivity contribution in [1.29, 1.82) is 0 Å². The molecule has 3 heterocycles. The van der Waals surface area contributed by atoms with Gasteiger partial charge in [0.15, 0.2) is 13.3 Å². The Morgan fingerprint density at radius 3 is 1.41 bits per heavy atom. The van der Waals surface area contributed by atoms with Crippen LogP contribution in [-0.2, 0) is 13.3 Å². The fraction of sp³-hybridized carbons (Fsp3) is 0.273. The van der Waals surface area contributed by atoms with E-state index in [4.69, 9.17) is 33.3 Å². The molecule has 164 valence electrons. The first-order valence-corrected chi connectivity index (χ1v) is 11.4. The molecule has 2 aromatic carbocycles. The largest absolute Gasteiger partial charge is 0.409 e. The highest BCUT2D eigenvalue weighted by Crippen LogP contribution is 2.17. The molecule has 2 N–H and O–H groups in total. The maximum atomic E-state index is 5.71. The summed E-state index contributed by atoms with van der Waals surface area (Å²) in [5, 5.41) is 9.16. The van der Waals surface area contributed by atoms with E-state index in [1.54, 1.807) is 9.36 Å². The Kier molecular flexibility index (Phi) is 6.08. The highest BCUT2D eigenvalue weighted by molar-refractivity contribution is 7.71. The van der Waals surface area contributed by atoms with Gasteiger partial charge < -0.3 is 18.6 Å². The molecule has 0 atom stereocenters. The fourth-order valence-corrected chi connectivity index (χ4v) is 4.27. The van der Waals surface area contributed by atoms with Gasteiger partial charge in [-0.1, -0.05) is 36.4 Å². The Labute approximate surface area is 195 Å². The molecule has 0 spiro atoms. The number of quaternary nitrogens is 2. The number of hydrogen-bond donors (Lipinski definition) is 2. The summed E-state index contributed by atoms with van der Waals surface area (Å²) in [6, 6.07) is 19.7. The maximum absolute atomic E-state index is 5.71. The molecule has 32 heavy (non-hydrogen) atoms. The van der Waals surface area contributed by atoms with E-state index in [0.717, 1.165) is 37.3 Å². The van der Waals surface area contributed by atoms with Gasteiger partial charge in [-0.25, -0.2) is 0 Å². The van der Waals surface area contributed by atoms with Gasteiger partial charge in [-0.3, -0.25) is 0 Å². The van der Waals surface area contributed by atoms with Crippen molar-refractivity contribution in [2.24, 2.45) is 0 Å². The SMILES string of the molecule is S=c1oc(-c2ccccc2)nn1C[NH+]1CC[NH+](Cn2nc(-c3ccccc3)oc2=S)CC1. The van der Waals surface area contributed by atoms with Gasteiger partial charge in [0.2, 0.25) is 11.8 Å². The van der Waals surface area contributed by atoms with E-state index in [2.05, 4.69) is 10.2 Å². The normalized spacial score (nSPS) is 18.6. The third-order valence-corrected chi connectivity index (χ3v) is 6.25. The van der Waals surface area contributed by atoms with Crippen LogP contribution in [0.4, 0.5) is 0 Å². The Balaban J connectivity index is 1.19. The van der Waals surface area contributed by atoms with Gasteiger partial charge in [0.25, 0.3) is 9.67 Å². The van der Waals surface area contributed by atoms with Gasteiger partial charge in [0.05, 0.1) is 0 Å². The quantitative estimate of drug-likeness (QED) is 0.418. The van der Waals surface area contributed by atoms with Crippen molar-refractivity contribution in [1.82, 2.24) is 19.6 Å². The molecular weight excluding hydrogens is 444 g/mol. The van der Waals surface area contributed by atoms with Crippen molar-refractivity contribution in [2.45, 2.75) is 13.3 Å². The van der Waals surface area contributed by atoms with Crippen molar-refractivity contribution in [3.8, 4) is 22.9 Å². The highest BCUT2D eigenvalue weighted by Gasteiger charge is 2.25. The Hall–Kier alpha value is -2.92. The summed E-state index contributed by atoms with van der Waals surface area (Å²) in [5.74, 6) is 1.13. The summed E-state index contributed by atoms with van der Waals surface area (Å²) in [6.45, 7) is 5.40. The predicted octanol–water partition coefficient (Wildman–Crippen LogP) is 1.46. The van der Waals surface area contributed by atoms with Crippen molar-refractivity contribution >= 4 is 24.4 Å². The first-order valence-electron chi connectivity index (χ1n) is 10.6. The molecule has 1 aliphatic heterocycles. The summed E-state index contributed by atoms with van der Waals surface area (Å²) >= 11 is 10.8. The average molecular weight is 469 g/mol. The zero-order valence-electron chi connectivity index (χ0n) is 17.4. The molecule has 10 heteroatoms. The molecule has 0 radical (unpaired) electrons. The first kappa shape index (κ1) is 21.0. The van der Waals surface area contributed by atoms with Crippen LogP contribution < -0.4 is 9.80 Å². The van der Waals surface area contributed by atoms with Crippen molar-refractivity contribution in [3.63, 3.8) is 0 Å². The van der Waals surface area contributed by atoms with Gasteiger partial charge in [-0.05, 0) is 48.7 Å². The third kappa shape index (κ3) is 4.63. The standard InChI is InChI=1S/C22H22N6O2S2/c31-21-27(23-19(29-21)17-7-3-1-4-8-17)15-25-11-13-26(14-12-25)16-28-22(32)30-20(24-28)18-9-5-2-6-10-18/h1-10H,11-16H2/p+2. The zero-order chi connectivity index (χ0) is 21.9. The molecule has 4 aromatic rings. The molecule has 1 aliphatic rings. The van der Waals surface area contributed by atoms with Gasteiger partial charge in [-0.15, -0.1) is 10.2 Å². The minimum absolute atomic E-state index is 0.411. The molecule has 1 fully saturated rings. The Morgan fingerprint density at radius 1 is 0.656 bits per heavy atom.